The molecule has 0 aromatic carbocycles. The number of ether oxygens (including phenoxy) is 5. The number of nitrogens with one attached hydrogen (secondary N) is 2. The first kappa shape index (κ1) is 69.8. The van der Waals surface area contributed by atoms with E-state index >= 15 is 0 Å². The molecule has 1 aromatic rings. The molecule has 2 atom stereocenters. The number of carbonyl (C=O) groups is 6. The Morgan fingerprint density at radius 2 is 1.14 bits per heavy atom. The standard InChI is InChI=1S/C47H83N5O11.3C2H6/c1-18-36(55)22-26-62-32-47(30-60-24-20-34(5)53,31-61-25-21-35(6)54)49-40(58)44(13,14)63-27-23-41(7,8)52-28-37(50-51-52)45(15,19-2)43(11,12)39(57)48-29-46(16,59-17)42(9,10)38(56)33(3)4;3*1-2/h28,33H,18-27,29-32H2,1-17H3,(H,48,57)(H,49,58);3*1-2H3. The number of methoxy groups -OCH3 is 1. The smallest absolute Gasteiger partial charge is 0.252 e. The summed E-state index contributed by atoms with van der Waals surface area (Å²) >= 11 is 0. The zero-order valence-corrected chi connectivity index (χ0v) is 47.9. The van der Waals surface area contributed by atoms with Gasteiger partial charge in [-0.2, -0.15) is 0 Å². The molecule has 0 saturated carbocycles. The Bertz CT molecular complexity index is 1660. The van der Waals surface area contributed by atoms with Gasteiger partial charge in [-0.25, -0.2) is 4.68 Å². The highest BCUT2D eigenvalue weighted by molar-refractivity contribution is 5.88. The largest absolute Gasteiger partial charge is 0.378 e. The lowest BCUT2D eigenvalue weighted by Gasteiger charge is -2.45. The SMILES string of the molecule is CC.CC.CC.CCC(=O)CCOCC(COCCC(C)=O)(COCCC(C)=O)NC(=O)C(C)(C)OCCC(C)(C)n1cc(C(C)(CC)C(C)(C)C(=O)NCC(C)(OC)C(C)(C)C(=O)C(C)C)nn1. The van der Waals surface area contributed by atoms with Crippen LogP contribution in [0.4, 0.5) is 0 Å². The van der Waals surface area contributed by atoms with Crippen LogP contribution in [0.5, 0.6) is 0 Å². The van der Waals surface area contributed by atoms with E-state index in [2.05, 4.69) is 20.9 Å². The van der Waals surface area contributed by atoms with Crippen LogP contribution in [-0.2, 0) is 63.4 Å². The first-order valence-corrected chi connectivity index (χ1v) is 25.5. The zero-order chi connectivity index (χ0) is 54.7. The summed E-state index contributed by atoms with van der Waals surface area (Å²) in [6.07, 6.45) is 3.81. The molecular formula is C53H101N5O11. The fourth-order valence-corrected chi connectivity index (χ4v) is 6.96. The molecule has 404 valence electrons. The number of rotatable bonds is 33. The van der Waals surface area contributed by atoms with Gasteiger partial charge in [-0.05, 0) is 61.3 Å². The second-order valence-electron chi connectivity index (χ2n) is 20.0. The molecule has 1 aromatic heterocycles. The Hall–Kier alpha value is -3.44. The number of hydrogen-bond donors (Lipinski definition) is 2. The lowest BCUT2D eigenvalue weighted by Crippen LogP contribution is -2.62. The van der Waals surface area contributed by atoms with Gasteiger partial charge < -0.3 is 34.3 Å². The molecule has 0 fully saturated rings. The third kappa shape index (κ3) is 21.4. The summed E-state index contributed by atoms with van der Waals surface area (Å²) in [5, 5.41) is 15.3. The van der Waals surface area contributed by atoms with Gasteiger partial charge in [-0.3, -0.25) is 28.8 Å². The van der Waals surface area contributed by atoms with Crippen molar-refractivity contribution >= 4 is 34.9 Å². The predicted molar refractivity (Wildman–Crippen MR) is 275 cm³/mol. The Morgan fingerprint density at radius 3 is 1.55 bits per heavy atom. The molecule has 0 bridgehead atoms. The first-order chi connectivity index (χ1) is 31.9. The number of ketones is 4. The molecule has 1 heterocycles. The van der Waals surface area contributed by atoms with Gasteiger partial charge >= 0.3 is 0 Å². The van der Waals surface area contributed by atoms with Gasteiger partial charge in [0.25, 0.3) is 5.91 Å². The van der Waals surface area contributed by atoms with Crippen molar-refractivity contribution in [3.8, 4) is 0 Å². The molecule has 1 rings (SSSR count). The van der Waals surface area contributed by atoms with Crippen molar-refractivity contribution < 1.29 is 52.5 Å². The second-order valence-corrected chi connectivity index (χ2v) is 20.0. The quantitative estimate of drug-likeness (QED) is 0.0633. The second kappa shape index (κ2) is 32.5. The van der Waals surface area contributed by atoms with Crippen molar-refractivity contribution in [2.24, 2.45) is 16.7 Å². The van der Waals surface area contributed by atoms with Crippen LogP contribution in [0.15, 0.2) is 6.20 Å². The summed E-state index contributed by atoms with van der Waals surface area (Å²) in [6.45, 7) is 41.5. The highest BCUT2D eigenvalue weighted by Crippen LogP contribution is 2.44. The fourth-order valence-electron chi connectivity index (χ4n) is 6.96. The number of hydrogen-bond acceptors (Lipinski definition) is 13. The van der Waals surface area contributed by atoms with Crippen LogP contribution >= 0.6 is 0 Å². The van der Waals surface area contributed by atoms with Gasteiger partial charge in [0.1, 0.15) is 34.3 Å². The van der Waals surface area contributed by atoms with Gasteiger partial charge in [0.15, 0.2) is 0 Å². The van der Waals surface area contributed by atoms with Crippen molar-refractivity contribution in [3.63, 3.8) is 0 Å². The fraction of sp³-hybridized carbons (Fsp3) is 0.849. The first-order valence-electron chi connectivity index (χ1n) is 25.5. The molecule has 2 amide bonds. The lowest BCUT2D eigenvalue weighted by molar-refractivity contribution is -0.152. The molecule has 0 spiro atoms. The molecule has 0 radical (unpaired) electrons. The molecule has 2 N–H and O–H groups in total. The lowest BCUT2D eigenvalue weighted by atomic mass is 9.62. The maximum atomic E-state index is 14.1. The van der Waals surface area contributed by atoms with Crippen LogP contribution in [-0.4, -0.2) is 127 Å². The predicted octanol–water partition coefficient (Wildman–Crippen LogP) is 8.98. The number of carbonyl (C=O) groups excluding carboxylic acids is 6. The number of aromatic nitrogens is 3. The molecule has 0 aliphatic carbocycles. The van der Waals surface area contributed by atoms with Crippen molar-refractivity contribution in [2.75, 3.05) is 59.9 Å². The maximum absolute atomic E-state index is 14.1. The van der Waals surface area contributed by atoms with Crippen LogP contribution < -0.4 is 10.6 Å². The molecule has 69 heavy (non-hydrogen) atoms. The van der Waals surface area contributed by atoms with Crippen LogP contribution in [0.1, 0.15) is 197 Å². The van der Waals surface area contributed by atoms with E-state index in [0.29, 0.717) is 25.0 Å². The Balaban J connectivity index is -0.00000696. The minimum absolute atomic E-state index is 0.0359. The number of amides is 2. The summed E-state index contributed by atoms with van der Waals surface area (Å²) in [5.41, 5.74) is -6.11. The van der Waals surface area contributed by atoms with Gasteiger partial charge in [-0.15, -0.1) is 5.10 Å². The minimum Gasteiger partial charge on any atom is -0.378 e. The Kier molecular flexibility index (Phi) is 32.9. The number of Topliss-reactive ketones (excluding diaryl/α,β-unsaturated/α-hetero) is 4. The molecule has 2 unspecified atom stereocenters. The summed E-state index contributed by atoms with van der Waals surface area (Å²) in [5.74, 6) is -0.902. The van der Waals surface area contributed by atoms with Gasteiger partial charge in [-0.1, -0.05) is 109 Å². The molecule has 0 saturated heterocycles. The van der Waals surface area contributed by atoms with E-state index in [1.807, 2.05) is 124 Å². The molecule has 16 heteroatoms. The van der Waals surface area contributed by atoms with E-state index in [1.54, 1.807) is 32.6 Å². The van der Waals surface area contributed by atoms with E-state index in [0.717, 1.165) is 0 Å². The molecule has 0 aliphatic rings. The third-order valence-electron chi connectivity index (χ3n) is 13.2. The Morgan fingerprint density at radius 1 is 0.681 bits per heavy atom. The maximum Gasteiger partial charge on any atom is 0.252 e. The van der Waals surface area contributed by atoms with E-state index in [1.165, 1.54) is 13.8 Å². The third-order valence-corrected chi connectivity index (χ3v) is 13.2. The van der Waals surface area contributed by atoms with Crippen LogP contribution in [0.3, 0.4) is 0 Å². The summed E-state index contributed by atoms with van der Waals surface area (Å²) in [6, 6.07) is 0. The molecular weight excluding hydrogens is 883 g/mol. The normalized spacial score (nSPS) is 13.8. The average molecular weight is 984 g/mol. The van der Waals surface area contributed by atoms with E-state index in [4.69, 9.17) is 23.7 Å². The van der Waals surface area contributed by atoms with Crippen LogP contribution in [0, 0.1) is 16.7 Å². The summed E-state index contributed by atoms with van der Waals surface area (Å²) < 4.78 is 31.6. The monoisotopic (exact) mass is 984 g/mol. The van der Waals surface area contributed by atoms with Gasteiger partial charge in [0, 0.05) is 56.9 Å². The highest BCUT2D eigenvalue weighted by atomic mass is 16.5. The minimum atomic E-state index is -1.35. The number of nitrogens with zero attached hydrogens (tertiary/aromatic N) is 3. The zero-order valence-electron chi connectivity index (χ0n) is 47.9. The Labute approximate surface area is 418 Å². The van der Waals surface area contributed by atoms with Crippen LogP contribution in [0.2, 0.25) is 0 Å². The van der Waals surface area contributed by atoms with Gasteiger partial charge in [0.2, 0.25) is 5.91 Å². The van der Waals surface area contributed by atoms with Crippen molar-refractivity contribution in [1.82, 2.24) is 25.6 Å². The van der Waals surface area contributed by atoms with Gasteiger partial charge in [0.05, 0.1) is 73.9 Å². The van der Waals surface area contributed by atoms with Crippen molar-refractivity contribution in [3.05, 3.63) is 11.9 Å². The summed E-state index contributed by atoms with van der Waals surface area (Å²) in [4.78, 5) is 76.6. The van der Waals surface area contributed by atoms with Crippen molar-refractivity contribution in [1.29, 1.82) is 0 Å². The molecule has 0 aliphatic heterocycles. The molecule has 16 nitrogen and oxygen atoms in total. The van der Waals surface area contributed by atoms with E-state index in [9.17, 15) is 28.8 Å². The topological polar surface area (TPSA) is 203 Å². The summed E-state index contributed by atoms with van der Waals surface area (Å²) in [7, 11) is 1.56. The van der Waals surface area contributed by atoms with E-state index in [-0.39, 0.29) is 107 Å². The van der Waals surface area contributed by atoms with Crippen molar-refractivity contribution in [2.45, 2.75) is 219 Å². The van der Waals surface area contributed by atoms with Crippen LogP contribution in [0.25, 0.3) is 0 Å². The average Bonchev–Trinajstić information content (AvgIpc) is 3.83. The van der Waals surface area contributed by atoms with E-state index < -0.39 is 44.4 Å². The highest BCUT2D eigenvalue weighted by Gasteiger charge is 2.51.